The summed E-state index contributed by atoms with van der Waals surface area (Å²) in [5.41, 5.74) is 35.9. The van der Waals surface area contributed by atoms with Crippen LogP contribution in [0, 0.1) is 44.4 Å². The Balaban J connectivity index is 0.000000136. The molecule has 4 unspecified atom stereocenters. The second-order valence-electron chi connectivity index (χ2n) is 35.2. The van der Waals surface area contributed by atoms with Gasteiger partial charge in [0, 0.05) is 117 Å². The van der Waals surface area contributed by atoms with E-state index in [1.165, 1.54) is 41.0 Å². The van der Waals surface area contributed by atoms with Gasteiger partial charge in [0.25, 0.3) is 23.6 Å². The van der Waals surface area contributed by atoms with Crippen LogP contribution in [0.5, 0.6) is 17.2 Å². The lowest BCUT2D eigenvalue weighted by molar-refractivity contribution is -0.128. The molecule has 4 saturated heterocycles. The first-order chi connectivity index (χ1) is 64.0. The van der Waals surface area contributed by atoms with Crippen molar-refractivity contribution < 1.29 is 52.6 Å². The number of benzene rings is 4. The number of piperidine rings is 4. The molecule has 0 radical (unpaired) electrons. The molecule has 8 amide bonds. The van der Waals surface area contributed by atoms with Gasteiger partial charge < -0.3 is 78.0 Å². The van der Waals surface area contributed by atoms with E-state index in [1.807, 2.05) is 68.7 Å². The Kier molecular flexibility index (Phi) is 29.3. The molecule has 37 heteroatoms. The number of likely N-dealkylation sites (tertiary alicyclic amines) is 4. The fourth-order valence-electron chi connectivity index (χ4n) is 20.5. The van der Waals surface area contributed by atoms with E-state index >= 15 is 0 Å². The van der Waals surface area contributed by atoms with Crippen molar-refractivity contribution in [2.24, 2.45) is 46.6 Å². The Morgan fingerprint density at radius 1 is 0.406 bits per heavy atom. The molecule has 13 N–H and O–H groups in total. The van der Waals surface area contributed by atoms with Crippen LogP contribution in [0.25, 0.3) is 56.3 Å². The number of nitrogens with one attached hydrogen (secondary N) is 5. The second kappa shape index (κ2) is 41.0. The summed E-state index contributed by atoms with van der Waals surface area (Å²) in [6.07, 6.45) is 19.9. The van der Waals surface area contributed by atoms with Gasteiger partial charge in [-0.15, -0.1) is 0 Å². The third-order valence-electron chi connectivity index (χ3n) is 27.7. The van der Waals surface area contributed by atoms with E-state index in [0.717, 1.165) is 139 Å². The van der Waals surface area contributed by atoms with Crippen molar-refractivity contribution in [3.63, 3.8) is 0 Å². The summed E-state index contributed by atoms with van der Waals surface area (Å²) in [6, 6.07) is 17.3. The molecule has 13 heterocycles. The Hall–Kier alpha value is -12.4. The van der Waals surface area contributed by atoms with Crippen LogP contribution in [-0.4, -0.2) is 216 Å². The van der Waals surface area contributed by atoms with Crippen molar-refractivity contribution in [2.75, 3.05) is 121 Å². The Morgan fingerprint density at radius 3 is 0.955 bits per heavy atom. The standard InChI is InChI=1S/C26H31N7O4.C24H27Cl2N5O2.C24H31N5O2.C22H25BrClN5O3/c1-4-21(34)32-11-7-15(8-12-32)18-6-9-28-26-23(25(27)35)24(31-33(18)26)16-13-19(36-2)22(20(14-16)37-3)17-5-10-29-30-17;1-2-19(32)30-9-6-13(7-10-30)18-5-8-28-24-21(23(27)33)22(29-31(18)24)15-11-16(25)20(14-3-4-14)17(26)12-15;1-5-20(30)28-10-7-17(8-11-28)19-6-9-26-24-21(23(25)31)22(27-29(19)24)18-12-14(2)16(4)15(3)13-18;1-3-17(30)28-8-5-12(6-9-28)15-4-7-26-22-18(21(25)31)20(27-29(15)22)13-10-14(24)19(23)16(11-13)32-2/h4-5,10,13-15,18,28H,1,6-9,11-12H2,2-3H3,(H2,27,35)(H,29,30);2,11-14,18,28H,1,3-10H2,(H2,27,33);5,12-13,17,19,26H,1,6-11H2,2-4H3,(H2,25,31);3,10-12,15,26H,1,4-9H2,2H3,(H2,25,31). The number of methoxy groups -OCH3 is 3. The summed E-state index contributed by atoms with van der Waals surface area (Å²) < 4.78 is 25.2. The maximum absolute atomic E-state index is 12.7. The highest BCUT2D eigenvalue weighted by molar-refractivity contribution is 9.10. The van der Waals surface area contributed by atoms with E-state index in [4.69, 9.17) is 92.3 Å². The van der Waals surface area contributed by atoms with Gasteiger partial charge in [-0.25, -0.2) is 18.7 Å². The summed E-state index contributed by atoms with van der Waals surface area (Å²) in [4.78, 5) is 105. The molecule has 4 atom stereocenters. The largest absolute Gasteiger partial charge is 0.496 e. The highest BCUT2D eigenvalue weighted by Gasteiger charge is 2.43. The number of fused-ring (bicyclic) bond motifs is 4. The number of amides is 8. The summed E-state index contributed by atoms with van der Waals surface area (Å²) in [5, 5.41) is 41.6. The van der Waals surface area contributed by atoms with E-state index in [1.54, 1.807) is 39.7 Å². The van der Waals surface area contributed by atoms with Gasteiger partial charge in [-0.3, -0.25) is 43.5 Å². The number of aromatic amines is 1. The van der Waals surface area contributed by atoms with Crippen LogP contribution in [0.2, 0.25) is 15.1 Å². The van der Waals surface area contributed by atoms with E-state index in [9.17, 15) is 38.4 Å². The minimum Gasteiger partial charge on any atom is -0.496 e. The van der Waals surface area contributed by atoms with Gasteiger partial charge in [-0.1, -0.05) is 61.1 Å². The van der Waals surface area contributed by atoms with E-state index in [-0.39, 0.29) is 47.8 Å². The van der Waals surface area contributed by atoms with Crippen LogP contribution in [0.3, 0.4) is 0 Å². The van der Waals surface area contributed by atoms with E-state index in [0.29, 0.717) is 203 Å². The molecule has 9 aromatic rings. The number of ether oxygens (including phenoxy) is 3. The Morgan fingerprint density at radius 2 is 0.684 bits per heavy atom. The number of aryl methyl sites for hydroxylation is 2. The second-order valence-corrected chi connectivity index (χ2v) is 37.2. The minimum absolute atomic E-state index is 0.00745. The molecule has 9 aliphatic rings. The van der Waals surface area contributed by atoms with Crippen molar-refractivity contribution in [3.05, 3.63) is 175 Å². The van der Waals surface area contributed by atoms with Crippen molar-refractivity contribution in [2.45, 2.75) is 141 Å². The van der Waals surface area contributed by atoms with Crippen molar-refractivity contribution in [1.82, 2.24) is 68.9 Å². The molecule has 4 aromatic carbocycles. The summed E-state index contributed by atoms with van der Waals surface area (Å²) in [7, 11) is 4.70. The van der Waals surface area contributed by atoms with Gasteiger partial charge in [-0.05, 0) is 257 Å². The fourth-order valence-corrected chi connectivity index (χ4v) is 21.8. The first kappa shape index (κ1) is 95.2. The number of rotatable bonds is 21. The number of halogens is 4. The number of nitrogens with zero attached hydrogens (tertiary/aromatic N) is 13. The monoisotopic (exact) mass is 1930 g/mol. The normalized spacial score (nSPS) is 18.9. The number of hydrogen-bond acceptors (Lipinski definition) is 20. The number of anilines is 4. The zero-order chi connectivity index (χ0) is 94.7. The topological polar surface area (TPSA) is 429 Å². The van der Waals surface area contributed by atoms with Gasteiger partial charge in [0.05, 0.1) is 66.2 Å². The Labute approximate surface area is 795 Å². The third-order valence-corrected chi connectivity index (χ3v) is 29.6. The van der Waals surface area contributed by atoms with Crippen LogP contribution in [-0.2, 0) is 19.2 Å². The quantitative estimate of drug-likeness (QED) is 0.0302. The third kappa shape index (κ3) is 19.5. The molecular weight excluding hydrogens is 1820 g/mol. The maximum Gasteiger partial charge on any atom is 0.254 e. The fraction of sp³-hybridized carbons (Fsp3) is 0.427. The van der Waals surface area contributed by atoms with Gasteiger partial charge in [0.15, 0.2) is 0 Å². The number of carbonyl (C=O) groups excluding carboxylic acids is 8. The SMILES string of the molecule is C=CC(=O)N1CCC(C2CCNc3c(C(N)=O)c(-c4cc(C)c(C)c(C)c4)nn32)CC1.C=CC(=O)N1CCC(C2CCNc3c(C(N)=O)c(-c4cc(Cl)c(Br)c(OC)c4)nn32)CC1.C=CC(=O)N1CCC(C2CCNc3c(C(N)=O)c(-c4cc(Cl)c(C5CC5)c(Cl)c4)nn32)CC1.C=CC(=O)N1CCC(C2CCNc3c(C(N)=O)c(-c4cc(OC)c(-c5ccn[nH]5)c(OC)c4)nn32)CC1. The lowest BCUT2D eigenvalue weighted by Gasteiger charge is -2.38. The lowest BCUT2D eigenvalue weighted by atomic mass is 9.87. The number of nitrogens with two attached hydrogens (primary N) is 4. The molecule has 8 aliphatic heterocycles. The molecular formula is C96H114BrCl3N22O11. The van der Waals surface area contributed by atoms with Crippen LogP contribution in [0.1, 0.15) is 184 Å². The number of aromatic nitrogens is 10. The molecule has 0 bridgehead atoms. The first-order valence-electron chi connectivity index (χ1n) is 45.2. The number of hydrogen-bond donors (Lipinski definition) is 9. The molecule has 33 nitrogen and oxygen atoms in total. The zero-order valence-corrected chi connectivity index (χ0v) is 79.5. The molecule has 1 aliphatic carbocycles. The van der Waals surface area contributed by atoms with Crippen LogP contribution < -0.4 is 58.4 Å². The molecule has 5 aromatic heterocycles. The molecule has 5 fully saturated rings. The van der Waals surface area contributed by atoms with E-state index in [2.05, 4.69) is 107 Å². The lowest BCUT2D eigenvalue weighted by Crippen LogP contribution is -2.41. The van der Waals surface area contributed by atoms with Gasteiger partial charge in [-0.2, -0.15) is 25.5 Å². The number of primary amides is 4. The Bertz CT molecular complexity index is 5950. The van der Waals surface area contributed by atoms with Crippen LogP contribution in [0.4, 0.5) is 23.3 Å². The summed E-state index contributed by atoms with van der Waals surface area (Å²) in [5.74, 6) is 3.82. The molecule has 18 rings (SSSR count). The number of carbonyl (C=O) groups is 8. The predicted octanol–water partition coefficient (Wildman–Crippen LogP) is 14.7. The average molecular weight is 1940 g/mol. The maximum atomic E-state index is 12.7. The molecule has 133 heavy (non-hydrogen) atoms. The smallest absolute Gasteiger partial charge is 0.254 e. The minimum atomic E-state index is -0.564. The van der Waals surface area contributed by atoms with Crippen molar-refractivity contribution in [3.8, 4) is 73.5 Å². The predicted molar refractivity (Wildman–Crippen MR) is 517 cm³/mol. The molecule has 1 saturated carbocycles. The first-order valence-corrected chi connectivity index (χ1v) is 47.1. The summed E-state index contributed by atoms with van der Waals surface area (Å²) >= 11 is 23.0. The van der Waals surface area contributed by atoms with Crippen molar-refractivity contribution in [1.29, 1.82) is 0 Å². The highest BCUT2D eigenvalue weighted by Crippen LogP contribution is 2.52. The molecule has 702 valence electrons. The molecule has 0 spiro atoms. The van der Waals surface area contributed by atoms with E-state index < -0.39 is 23.6 Å². The number of H-pyrrole nitrogens is 1. The van der Waals surface area contributed by atoms with Crippen molar-refractivity contribution >= 4 is 121 Å². The highest BCUT2D eigenvalue weighted by atomic mass is 79.9. The van der Waals surface area contributed by atoms with Gasteiger partial charge >= 0.3 is 0 Å². The summed E-state index contributed by atoms with van der Waals surface area (Å²) in [6.45, 7) is 29.1. The van der Waals surface area contributed by atoms with Gasteiger partial charge in [0.1, 0.15) is 85.5 Å². The van der Waals surface area contributed by atoms with Crippen LogP contribution >= 0.6 is 50.7 Å². The average Bonchev–Trinajstić information content (AvgIpc) is 1.61. The van der Waals surface area contributed by atoms with Gasteiger partial charge in [0.2, 0.25) is 23.6 Å². The van der Waals surface area contributed by atoms with Crippen LogP contribution in [0.15, 0.2) is 116 Å². The zero-order valence-electron chi connectivity index (χ0n) is 75.6.